The second-order valence-electron chi connectivity index (χ2n) is 4.28. The lowest BCUT2D eigenvalue weighted by Crippen LogP contribution is -2.20. The topological polar surface area (TPSA) is 98.7 Å². The van der Waals surface area contributed by atoms with Gasteiger partial charge in [-0.15, -0.1) is 0 Å². The molecular formula is C12H16N6O. The van der Waals surface area contributed by atoms with Crippen LogP contribution in [0.5, 0.6) is 0 Å². The van der Waals surface area contributed by atoms with Crippen LogP contribution in [0.1, 0.15) is 19.8 Å². The van der Waals surface area contributed by atoms with Crippen molar-refractivity contribution in [2.24, 2.45) is 5.73 Å². The molecule has 1 amide bonds. The summed E-state index contributed by atoms with van der Waals surface area (Å²) in [6.07, 6.45) is 5.60. The molecule has 0 saturated heterocycles. The van der Waals surface area contributed by atoms with Crippen molar-refractivity contribution >= 4 is 11.6 Å². The summed E-state index contributed by atoms with van der Waals surface area (Å²) in [6.45, 7) is 1.87. The standard InChI is InChI=1S/C12H16N6O/c1-9(13)4-5-11(19)17-10-3-2-6-15-12(10)18-8-14-7-16-18/h2-3,6-9H,4-5,13H2,1H3,(H,17,19). The number of carbonyl (C=O) groups is 1. The van der Waals surface area contributed by atoms with E-state index in [-0.39, 0.29) is 11.9 Å². The van der Waals surface area contributed by atoms with Gasteiger partial charge in [-0.25, -0.2) is 14.6 Å². The van der Waals surface area contributed by atoms with Crippen molar-refractivity contribution in [3.05, 3.63) is 31.0 Å². The summed E-state index contributed by atoms with van der Waals surface area (Å²) < 4.78 is 1.50. The van der Waals surface area contributed by atoms with Crippen molar-refractivity contribution in [3.63, 3.8) is 0 Å². The van der Waals surface area contributed by atoms with Crippen LogP contribution in [0.3, 0.4) is 0 Å². The molecule has 100 valence electrons. The third kappa shape index (κ3) is 3.59. The Labute approximate surface area is 110 Å². The van der Waals surface area contributed by atoms with Gasteiger partial charge in [0.25, 0.3) is 0 Å². The van der Waals surface area contributed by atoms with Gasteiger partial charge in [0.2, 0.25) is 5.91 Å². The quantitative estimate of drug-likeness (QED) is 0.825. The normalized spacial score (nSPS) is 12.1. The van der Waals surface area contributed by atoms with Gasteiger partial charge in [0.05, 0.1) is 5.69 Å². The van der Waals surface area contributed by atoms with E-state index < -0.39 is 0 Å². The summed E-state index contributed by atoms with van der Waals surface area (Å²) in [4.78, 5) is 19.9. The SMILES string of the molecule is CC(N)CCC(=O)Nc1cccnc1-n1cncn1. The Morgan fingerprint density at radius 2 is 2.42 bits per heavy atom. The first kappa shape index (κ1) is 13.2. The number of hydrogen-bond acceptors (Lipinski definition) is 5. The van der Waals surface area contributed by atoms with Gasteiger partial charge in [-0.2, -0.15) is 5.10 Å². The van der Waals surface area contributed by atoms with E-state index in [0.29, 0.717) is 24.3 Å². The highest BCUT2D eigenvalue weighted by Gasteiger charge is 2.10. The molecule has 0 aliphatic heterocycles. The van der Waals surface area contributed by atoms with Gasteiger partial charge in [-0.3, -0.25) is 4.79 Å². The number of aromatic nitrogens is 4. The average Bonchev–Trinajstić information content (AvgIpc) is 2.91. The summed E-state index contributed by atoms with van der Waals surface area (Å²) >= 11 is 0. The number of nitrogens with one attached hydrogen (secondary N) is 1. The molecule has 0 bridgehead atoms. The Bertz CT molecular complexity index is 537. The number of nitrogens with two attached hydrogens (primary N) is 1. The highest BCUT2D eigenvalue weighted by Crippen LogP contribution is 2.16. The van der Waals surface area contributed by atoms with E-state index in [0.717, 1.165) is 0 Å². The summed E-state index contributed by atoms with van der Waals surface area (Å²) in [5.41, 5.74) is 6.23. The van der Waals surface area contributed by atoms with E-state index in [2.05, 4.69) is 20.4 Å². The molecule has 2 heterocycles. The predicted octanol–water partition coefficient (Wildman–Crippen LogP) is 0.728. The molecule has 0 aliphatic carbocycles. The van der Waals surface area contributed by atoms with Gasteiger partial charge in [0, 0.05) is 18.7 Å². The van der Waals surface area contributed by atoms with Crippen LogP contribution < -0.4 is 11.1 Å². The van der Waals surface area contributed by atoms with Crippen molar-refractivity contribution < 1.29 is 4.79 Å². The van der Waals surface area contributed by atoms with E-state index in [1.165, 1.54) is 17.3 Å². The Kier molecular flexibility index (Phi) is 4.19. The molecule has 2 rings (SSSR count). The van der Waals surface area contributed by atoms with Crippen LogP contribution in [0.4, 0.5) is 5.69 Å². The van der Waals surface area contributed by atoms with Gasteiger partial charge >= 0.3 is 0 Å². The number of hydrogen-bond donors (Lipinski definition) is 2. The molecule has 0 aliphatic rings. The second kappa shape index (κ2) is 6.05. The van der Waals surface area contributed by atoms with Crippen LogP contribution in [0.2, 0.25) is 0 Å². The zero-order valence-electron chi connectivity index (χ0n) is 10.7. The van der Waals surface area contributed by atoms with Crippen LogP contribution in [-0.4, -0.2) is 31.7 Å². The van der Waals surface area contributed by atoms with Gasteiger partial charge in [-0.1, -0.05) is 0 Å². The molecule has 0 spiro atoms. The number of amides is 1. The maximum atomic E-state index is 11.8. The zero-order chi connectivity index (χ0) is 13.7. The van der Waals surface area contributed by atoms with Gasteiger partial charge in [0.15, 0.2) is 5.82 Å². The zero-order valence-corrected chi connectivity index (χ0v) is 10.7. The first-order valence-electron chi connectivity index (χ1n) is 6.02. The molecule has 2 aromatic heterocycles. The highest BCUT2D eigenvalue weighted by atomic mass is 16.1. The lowest BCUT2D eigenvalue weighted by atomic mass is 10.2. The van der Waals surface area contributed by atoms with Gasteiger partial charge in [0.1, 0.15) is 12.7 Å². The molecule has 19 heavy (non-hydrogen) atoms. The van der Waals surface area contributed by atoms with E-state index in [1.54, 1.807) is 18.3 Å². The van der Waals surface area contributed by atoms with Crippen LogP contribution >= 0.6 is 0 Å². The van der Waals surface area contributed by atoms with E-state index in [4.69, 9.17) is 5.73 Å². The second-order valence-corrected chi connectivity index (χ2v) is 4.28. The molecule has 0 saturated carbocycles. The van der Waals surface area contributed by atoms with Crippen molar-refractivity contribution in [1.29, 1.82) is 0 Å². The fourth-order valence-electron chi connectivity index (χ4n) is 1.57. The first-order valence-corrected chi connectivity index (χ1v) is 6.02. The van der Waals surface area contributed by atoms with Crippen molar-refractivity contribution in [2.75, 3.05) is 5.32 Å². The largest absolute Gasteiger partial charge is 0.328 e. The lowest BCUT2D eigenvalue weighted by molar-refractivity contribution is -0.116. The molecule has 0 fully saturated rings. The number of pyridine rings is 1. The van der Waals surface area contributed by atoms with Crippen molar-refractivity contribution in [2.45, 2.75) is 25.8 Å². The summed E-state index contributed by atoms with van der Waals surface area (Å²) in [6, 6.07) is 3.53. The Hall–Kier alpha value is -2.28. The minimum atomic E-state index is -0.0911. The van der Waals surface area contributed by atoms with Gasteiger partial charge in [-0.05, 0) is 25.5 Å². The third-order valence-corrected chi connectivity index (χ3v) is 2.52. The van der Waals surface area contributed by atoms with Crippen LogP contribution in [0.25, 0.3) is 5.82 Å². The third-order valence-electron chi connectivity index (χ3n) is 2.52. The molecule has 0 aromatic carbocycles. The summed E-state index contributed by atoms with van der Waals surface area (Å²) in [5.74, 6) is 0.445. The minimum absolute atomic E-state index is 0.00874. The maximum absolute atomic E-state index is 11.8. The summed E-state index contributed by atoms with van der Waals surface area (Å²) in [5, 5.41) is 6.81. The van der Waals surface area contributed by atoms with Crippen LogP contribution in [-0.2, 0) is 4.79 Å². The van der Waals surface area contributed by atoms with E-state index >= 15 is 0 Å². The van der Waals surface area contributed by atoms with E-state index in [9.17, 15) is 4.79 Å². The van der Waals surface area contributed by atoms with Crippen LogP contribution in [0, 0.1) is 0 Å². The molecule has 1 unspecified atom stereocenters. The number of anilines is 1. The molecule has 7 nitrogen and oxygen atoms in total. The monoisotopic (exact) mass is 260 g/mol. The molecule has 1 atom stereocenters. The lowest BCUT2D eigenvalue weighted by Gasteiger charge is -2.10. The Morgan fingerprint density at radius 3 is 3.11 bits per heavy atom. The number of carbonyl (C=O) groups excluding carboxylic acids is 1. The van der Waals surface area contributed by atoms with Crippen molar-refractivity contribution in [1.82, 2.24) is 19.7 Å². The van der Waals surface area contributed by atoms with Crippen LogP contribution in [0.15, 0.2) is 31.0 Å². The molecular weight excluding hydrogens is 244 g/mol. The van der Waals surface area contributed by atoms with E-state index in [1.807, 2.05) is 6.92 Å². The van der Waals surface area contributed by atoms with Crippen molar-refractivity contribution in [3.8, 4) is 5.82 Å². The fraction of sp³-hybridized carbons (Fsp3) is 0.333. The first-order chi connectivity index (χ1) is 9.16. The highest BCUT2D eigenvalue weighted by molar-refractivity contribution is 5.92. The number of rotatable bonds is 5. The molecule has 3 N–H and O–H groups in total. The Morgan fingerprint density at radius 1 is 1.58 bits per heavy atom. The predicted molar refractivity (Wildman–Crippen MR) is 70.7 cm³/mol. The average molecular weight is 260 g/mol. The maximum Gasteiger partial charge on any atom is 0.224 e. The fourth-order valence-corrected chi connectivity index (χ4v) is 1.57. The van der Waals surface area contributed by atoms with Gasteiger partial charge < -0.3 is 11.1 Å². The molecule has 0 radical (unpaired) electrons. The molecule has 7 heteroatoms. The summed E-state index contributed by atoms with van der Waals surface area (Å²) in [7, 11) is 0. The molecule has 2 aromatic rings. The smallest absolute Gasteiger partial charge is 0.224 e. The number of nitrogens with zero attached hydrogens (tertiary/aromatic N) is 4. The Balaban J connectivity index is 2.10. The minimum Gasteiger partial charge on any atom is -0.328 e.